The minimum atomic E-state index is -0.157. The minimum absolute atomic E-state index is 0.157. The summed E-state index contributed by atoms with van der Waals surface area (Å²) in [5.74, 6) is 0. The van der Waals surface area contributed by atoms with Crippen molar-refractivity contribution in [1.82, 2.24) is 0 Å². The van der Waals surface area contributed by atoms with Crippen LogP contribution in [-0.2, 0) is 9.47 Å². The van der Waals surface area contributed by atoms with Gasteiger partial charge in [-0.25, -0.2) is 0 Å². The van der Waals surface area contributed by atoms with Gasteiger partial charge in [-0.15, -0.1) is 11.3 Å². The molecule has 0 radical (unpaired) electrons. The van der Waals surface area contributed by atoms with E-state index in [4.69, 9.17) is 9.47 Å². The van der Waals surface area contributed by atoms with Crippen molar-refractivity contribution in [1.29, 1.82) is 0 Å². The van der Waals surface area contributed by atoms with Gasteiger partial charge in [-0.2, -0.15) is 0 Å². The fourth-order valence-electron chi connectivity index (χ4n) is 2.03. The topological polar surface area (TPSA) is 18.5 Å². The Hall–Kier alpha value is -0.810. The molecule has 1 saturated heterocycles. The first-order chi connectivity index (χ1) is 9.22. The molecule has 1 aromatic heterocycles. The van der Waals surface area contributed by atoms with Crippen molar-refractivity contribution in [3.8, 4) is 0 Å². The predicted octanol–water partition coefficient (Wildman–Crippen LogP) is 4.56. The summed E-state index contributed by atoms with van der Waals surface area (Å²) in [6.07, 6.45) is -0.157. The molecule has 1 aliphatic rings. The van der Waals surface area contributed by atoms with Crippen LogP contribution in [0.1, 0.15) is 21.6 Å². The van der Waals surface area contributed by atoms with Crippen molar-refractivity contribution in [2.75, 3.05) is 13.2 Å². The van der Waals surface area contributed by atoms with Crippen LogP contribution in [0.4, 0.5) is 0 Å². The van der Waals surface area contributed by atoms with E-state index >= 15 is 0 Å². The van der Waals surface area contributed by atoms with Crippen LogP contribution in [0.25, 0.3) is 0 Å². The first-order valence-corrected chi connectivity index (χ1v) is 7.94. The van der Waals surface area contributed by atoms with Gasteiger partial charge in [0.2, 0.25) is 0 Å². The molecule has 0 atom stereocenters. The van der Waals surface area contributed by atoms with Crippen molar-refractivity contribution in [3.63, 3.8) is 0 Å². The molecular weight excluding hydrogens is 276 g/mol. The Kier molecular flexibility index (Phi) is 3.93. The van der Waals surface area contributed by atoms with E-state index < -0.39 is 0 Å². The Morgan fingerprint density at radius 1 is 1.16 bits per heavy atom. The van der Waals surface area contributed by atoms with Crippen molar-refractivity contribution in [2.24, 2.45) is 0 Å². The Morgan fingerprint density at radius 3 is 2.68 bits per heavy atom. The third-order valence-corrected chi connectivity index (χ3v) is 5.30. The summed E-state index contributed by atoms with van der Waals surface area (Å²) < 4.78 is 11.1. The molecule has 0 unspecified atom stereocenters. The van der Waals surface area contributed by atoms with Crippen molar-refractivity contribution in [3.05, 3.63) is 45.6 Å². The number of rotatable bonds is 3. The van der Waals surface area contributed by atoms with E-state index in [2.05, 4.69) is 44.2 Å². The Morgan fingerprint density at radius 2 is 1.95 bits per heavy atom. The largest absolute Gasteiger partial charge is 0.345 e. The van der Waals surface area contributed by atoms with E-state index in [1.807, 2.05) is 11.8 Å². The molecule has 4 heteroatoms. The highest BCUT2D eigenvalue weighted by molar-refractivity contribution is 7.99. The van der Waals surface area contributed by atoms with Gasteiger partial charge < -0.3 is 9.47 Å². The van der Waals surface area contributed by atoms with E-state index in [1.54, 1.807) is 11.3 Å². The molecular formula is C15H16O2S2. The number of hydrogen-bond donors (Lipinski definition) is 0. The van der Waals surface area contributed by atoms with Gasteiger partial charge in [-0.3, -0.25) is 0 Å². The van der Waals surface area contributed by atoms with Crippen LogP contribution in [0, 0.1) is 13.8 Å². The maximum atomic E-state index is 5.56. The maximum Gasteiger partial charge on any atom is 0.193 e. The Labute approximate surface area is 121 Å². The molecule has 1 aliphatic heterocycles. The average molecular weight is 292 g/mol. The zero-order valence-electron chi connectivity index (χ0n) is 11.0. The lowest BCUT2D eigenvalue weighted by atomic mass is 10.2. The standard InChI is InChI=1S/C15H16O2S2/c1-10-4-3-5-12(8-10)19-13-9-14(18-11(13)2)15-16-6-7-17-15/h3-5,8-9,15H,6-7H2,1-2H3. The molecule has 0 bridgehead atoms. The summed E-state index contributed by atoms with van der Waals surface area (Å²) in [5, 5.41) is 0. The fraction of sp³-hybridized carbons (Fsp3) is 0.333. The van der Waals surface area contributed by atoms with Crippen molar-refractivity contribution >= 4 is 23.1 Å². The first-order valence-electron chi connectivity index (χ1n) is 6.30. The van der Waals surface area contributed by atoms with Crippen LogP contribution >= 0.6 is 23.1 Å². The van der Waals surface area contributed by atoms with Crippen molar-refractivity contribution in [2.45, 2.75) is 29.9 Å². The lowest BCUT2D eigenvalue weighted by Gasteiger charge is -2.04. The molecule has 3 rings (SSSR count). The summed E-state index contributed by atoms with van der Waals surface area (Å²) >= 11 is 3.57. The third-order valence-electron chi connectivity index (χ3n) is 2.96. The maximum absolute atomic E-state index is 5.56. The van der Waals surface area contributed by atoms with Gasteiger partial charge in [-0.1, -0.05) is 29.5 Å². The molecule has 19 heavy (non-hydrogen) atoms. The van der Waals surface area contributed by atoms with Crippen LogP contribution in [-0.4, -0.2) is 13.2 Å². The van der Waals surface area contributed by atoms with Gasteiger partial charge in [-0.05, 0) is 32.0 Å². The van der Waals surface area contributed by atoms with Gasteiger partial charge in [0.25, 0.3) is 0 Å². The first kappa shape index (κ1) is 13.2. The van der Waals surface area contributed by atoms with Crippen LogP contribution in [0.15, 0.2) is 40.1 Å². The fourth-order valence-corrected chi connectivity index (χ4v) is 4.26. The number of ether oxygens (including phenoxy) is 2. The highest BCUT2D eigenvalue weighted by atomic mass is 32.2. The SMILES string of the molecule is Cc1cccc(Sc2cc(C3OCCO3)sc2C)c1. The number of benzene rings is 1. The lowest BCUT2D eigenvalue weighted by Crippen LogP contribution is -1.93. The van der Waals surface area contributed by atoms with E-state index in [1.165, 1.54) is 25.1 Å². The summed E-state index contributed by atoms with van der Waals surface area (Å²) in [6, 6.07) is 10.8. The van der Waals surface area contributed by atoms with Crippen LogP contribution < -0.4 is 0 Å². The molecule has 0 N–H and O–H groups in total. The molecule has 1 aromatic carbocycles. The van der Waals surface area contributed by atoms with Crippen LogP contribution in [0.3, 0.4) is 0 Å². The predicted molar refractivity (Wildman–Crippen MR) is 79.0 cm³/mol. The second-order valence-electron chi connectivity index (χ2n) is 4.56. The average Bonchev–Trinajstić information content (AvgIpc) is 3.00. The van der Waals surface area contributed by atoms with Gasteiger partial charge in [0.1, 0.15) is 0 Å². The minimum Gasteiger partial charge on any atom is -0.345 e. The summed E-state index contributed by atoms with van der Waals surface area (Å²) in [7, 11) is 0. The van der Waals surface area contributed by atoms with E-state index in [9.17, 15) is 0 Å². The molecule has 2 nitrogen and oxygen atoms in total. The molecule has 2 heterocycles. The Bertz CT molecular complexity index is 571. The van der Waals surface area contributed by atoms with Gasteiger partial charge in [0.05, 0.1) is 18.1 Å². The normalized spacial score (nSPS) is 16.1. The number of aryl methyl sites for hydroxylation is 2. The van der Waals surface area contributed by atoms with E-state index in [-0.39, 0.29) is 6.29 Å². The second kappa shape index (κ2) is 5.67. The van der Waals surface area contributed by atoms with Gasteiger partial charge >= 0.3 is 0 Å². The summed E-state index contributed by atoms with van der Waals surface area (Å²) in [6.45, 7) is 5.67. The summed E-state index contributed by atoms with van der Waals surface area (Å²) in [5.41, 5.74) is 1.29. The molecule has 0 amide bonds. The van der Waals surface area contributed by atoms with Crippen LogP contribution in [0.5, 0.6) is 0 Å². The smallest absolute Gasteiger partial charge is 0.193 e. The quantitative estimate of drug-likeness (QED) is 0.826. The molecule has 2 aromatic rings. The molecule has 100 valence electrons. The zero-order valence-corrected chi connectivity index (χ0v) is 12.6. The van der Waals surface area contributed by atoms with Gasteiger partial charge in [0.15, 0.2) is 6.29 Å². The highest BCUT2D eigenvalue weighted by Gasteiger charge is 2.21. The van der Waals surface area contributed by atoms with E-state index in [0.717, 1.165) is 0 Å². The Balaban J connectivity index is 1.81. The number of hydrogen-bond acceptors (Lipinski definition) is 4. The van der Waals surface area contributed by atoms with Gasteiger partial charge in [0, 0.05) is 14.7 Å². The monoisotopic (exact) mass is 292 g/mol. The third kappa shape index (κ3) is 3.03. The molecule has 0 spiro atoms. The molecule has 0 saturated carbocycles. The highest BCUT2D eigenvalue weighted by Crippen LogP contribution is 2.39. The molecule has 0 aliphatic carbocycles. The molecule has 1 fully saturated rings. The summed E-state index contributed by atoms with van der Waals surface area (Å²) in [4.78, 5) is 5.07. The zero-order chi connectivity index (χ0) is 13.2. The van der Waals surface area contributed by atoms with Crippen LogP contribution in [0.2, 0.25) is 0 Å². The second-order valence-corrected chi connectivity index (χ2v) is 6.96. The number of thiophene rings is 1. The van der Waals surface area contributed by atoms with Crippen molar-refractivity contribution < 1.29 is 9.47 Å². The van der Waals surface area contributed by atoms with E-state index in [0.29, 0.717) is 13.2 Å². The lowest BCUT2D eigenvalue weighted by molar-refractivity contribution is -0.0414.